The lowest BCUT2D eigenvalue weighted by Gasteiger charge is -2.33. The average molecular weight is 410 g/mol. The van der Waals surface area contributed by atoms with Gasteiger partial charge in [0.25, 0.3) is 0 Å². The fourth-order valence-electron chi connectivity index (χ4n) is 2.42. The van der Waals surface area contributed by atoms with Gasteiger partial charge in [0.15, 0.2) is 5.96 Å². The van der Waals surface area contributed by atoms with Gasteiger partial charge >= 0.3 is 0 Å². The van der Waals surface area contributed by atoms with Crippen LogP contribution in [0.25, 0.3) is 0 Å². The molecule has 0 aromatic heterocycles. The van der Waals surface area contributed by atoms with Crippen molar-refractivity contribution in [2.75, 3.05) is 26.7 Å². The summed E-state index contributed by atoms with van der Waals surface area (Å²) in [4.78, 5) is 18.3. The second-order valence-electron chi connectivity index (χ2n) is 5.96. The molecular formula is C15H31IN4O. The normalized spacial score (nSPS) is 19.2. The van der Waals surface area contributed by atoms with Gasteiger partial charge in [-0.2, -0.15) is 0 Å². The summed E-state index contributed by atoms with van der Waals surface area (Å²) in [6.45, 7) is 8.90. The largest absolute Gasteiger partial charge is 0.356 e. The number of halogens is 1. The average Bonchev–Trinajstić information content (AvgIpc) is 2.42. The predicted molar refractivity (Wildman–Crippen MR) is 99.3 cm³/mol. The third-order valence-electron chi connectivity index (χ3n) is 3.66. The van der Waals surface area contributed by atoms with E-state index in [2.05, 4.69) is 36.4 Å². The van der Waals surface area contributed by atoms with Gasteiger partial charge in [-0.15, -0.1) is 24.0 Å². The van der Waals surface area contributed by atoms with Crippen molar-refractivity contribution in [2.45, 2.75) is 52.5 Å². The number of aliphatic imine (C=N–C) groups is 1. The molecule has 1 saturated heterocycles. The Bertz CT molecular complexity index is 334. The number of nitrogens with zero attached hydrogens (tertiary/aromatic N) is 2. The third kappa shape index (κ3) is 7.87. The molecule has 0 radical (unpaired) electrons. The molecule has 6 heteroatoms. The first-order valence-electron chi connectivity index (χ1n) is 7.78. The summed E-state index contributed by atoms with van der Waals surface area (Å²) in [5.41, 5.74) is 0. The Kier molecular flexibility index (Phi) is 10.8. The number of nitrogens with one attached hydrogen (secondary N) is 2. The van der Waals surface area contributed by atoms with Gasteiger partial charge < -0.3 is 15.5 Å². The molecule has 2 N–H and O–H groups in total. The van der Waals surface area contributed by atoms with Crippen LogP contribution in [0.5, 0.6) is 0 Å². The van der Waals surface area contributed by atoms with Crippen molar-refractivity contribution in [1.82, 2.24) is 15.5 Å². The van der Waals surface area contributed by atoms with Crippen LogP contribution in [-0.2, 0) is 4.79 Å². The minimum Gasteiger partial charge on any atom is -0.356 e. The number of guanidine groups is 1. The second kappa shape index (κ2) is 11.1. The highest BCUT2D eigenvalue weighted by Crippen LogP contribution is 2.16. The van der Waals surface area contributed by atoms with E-state index in [-0.39, 0.29) is 29.9 Å². The first-order chi connectivity index (χ1) is 9.54. The van der Waals surface area contributed by atoms with Crippen LogP contribution < -0.4 is 10.6 Å². The minimum atomic E-state index is 0. The molecule has 1 aliphatic rings. The van der Waals surface area contributed by atoms with Gasteiger partial charge in [0.05, 0.1) is 0 Å². The zero-order valence-corrected chi connectivity index (χ0v) is 16.1. The van der Waals surface area contributed by atoms with Crippen LogP contribution in [0.3, 0.4) is 0 Å². The highest BCUT2D eigenvalue weighted by molar-refractivity contribution is 14.0. The molecule has 1 atom stereocenters. The summed E-state index contributed by atoms with van der Waals surface area (Å²) in [5.74, 6) is 1.60. The lowest BCUT2D eigenvalue weighted by Crippen LogP contribution is -2.44. The van der Waals surface area contributed by atoms with Gasteiger partial charge in [-0.05, 0) is 32.1 Å². The summed E-state index contributed by atoms with van der Waals surface area (Å²) >= 11 is 0. The lowest BCUT2D eigenvalue weighted by molar-refractivity contribution is -0.134. The van der Waals surface area contributed by atoms with Crippen LogP contribution in [0.4, 0.5) is 0 Å². The summed E-state index contributed by atoms with van der Waals surface area (Å²) in [6.07, 6.45) is 4.06. The molecule has 1 aliphatic heterocycles. The summed E-state index contributed by atoms with van der Waals surface area (Å²) in [6, 6.07) is 0.398. The van der Waals surface area contributed by atoms with E-state index in [4.69, 9.17) is 0 Å². The Morgan fingerprint density at radius 3 is 2.62 bits per heavy atom. The van der Waals surface area contributed by atoms with E-state index in [1.807, 2.05) is 4.90 Å². The van der Waals surface area contributed by atoms with E-state index in [9.17, 15) is 4.79 Å². The van der Waals surface area contributed by atoms with Crippen molar-refractivity contribution in [3.8, 4) is 0 Å². The highest BCUT2D eigenvalue weighted by atomic mass is 127. The molecule has 21 heavy (non-hydrogen) atoms. The fraction of sp³-hybridized carbons (Fsp3) is 0.867. The van der Waals surface area contributed by atoms with Crippen molar-refractivity contribution in [1.29, 1.82) is 0 Å². The van der Waals surface area contributed by atoms with Crippen LogP contribution in [0, 0.1) is 5.92 Å². The Balaban J connectivity index is 0.00000400. The molecule has 1 unspecified atom stereocenters. The number of amides is 1. The fourth-order valence-corrected chi connectivity index (χ4v) is 2.42. The van der Waals surface area contributed by atoms with Crippen molar-refractivity contribution < 1.29 is 4.79 Å². The molecule has 0 bridgehead atoms. The summed E-state index contributed by atoms with van der Waals surface area (Å²) < 4.78 is 0. The van der Waals surface area contributed by atoms with Crippen LogP contribution in [0.2, 0.25) is 0 Å². The molecular weight excluding hydrogens is 379 g/mol. The van der Waals surface area contributed by atoms with Gasteiger partial charge in [0.1, 0.15) is 0 Å². The maximum atomic E-state index is 12.2. The number of carbonyl (C=O) groups excluding carboxylic acids is 1. The molecule has 0 aliphatic carbocycles. The lowest BCUT2D eigenvalue weighted by atomic mass is 10.0. The first-order valence-corrected chi connectivity index (χ1v) is 7.78. The molecule has 5 nitrogen and oxygen atoms in total. The van der Waals surface area contributed by atoms with E-state index >= 15 is 0 Å². The molecule has 1 rings (SSSR count). The van der Waals surface area contributed by atoms with Crippen LogP contribution in [0.15, 0.2) is 4.99 Å². The molecule has 1 heterocycles. The highest BCUT2D eigenvalue weighted by Gasteiger charge is 2.22. The summed E-state index contributed by atoms with van der Waals surface area (Å²) in [7, 11) is 1.75. The molecule has 0 spiro atoms. The second-order valence-corrected chi connectivity index (χ2v) is 5.96. The van der Waals surface area contributed by atoms with E-state index in [1.165, 1.54) is 6.42 Å². The molecule has 0 aromatic rings. The van der Waals surface area contributed by atoms with Gasteiger partial charge in [-0.25, -0.2) is 0 Å². The topological polar surface area (TPSA) is 56.7 Å². The van der Waals surface area contributed by atoms with E-state index < -0.39 is 0 Å². The standard InChI is InChI=1S/C15H30N4O.HI/c1-12(2)11-18-15(16-4)17-9-8-14(20)19-10-6-5-7-13(19)3;/h12-13H,5-11H2,1-4H3,(H2,16,17,18);1H. The van der Waals surface area contributed by atoms with Crippen molar-refractivity contribution >= 4 is 35.8 Å². The minimum absolute atomic E-state index is 0. The maximum absolute atomic E-state index is 12.2. The summed E-state index contributed by atoms with van der Waals surface area (Å²) in [5, 5.41) is 6.45. The van der Waals surface area contributed by atoms with Crippen molar-refractivity contribution in [2.24, 2.45) is 10.9 Å². The number of hydrogen-bond donors (Lipinski definition) is 2. The number of piperidine rings is 1. The van der Waals surface area contributed by atoms with Gasteiger partial charge in [0.2, 0.25) is 5.91 Å². The third-order valence-corrected chi connectivity index (χ3v) is 3.66. The number of carbonyl (C=O) groups is 1. The van der Waals surface area contributed by atoms with Crippen LogP contribution in [0.1, 0.15) is 46.5 Å². The van der Waals surface area contributed by atoms with Gasteiger partial charge in [-0.3, -0.25) is 9.79 Å². The predicted octanol–water partition coefficient (Wildman–Crippen LogP) is 2.22. The van der Waals surface area contributed by atoms with Gasteiger partial charge in [0, 0.05) is 39.1 Å². The van der Waals surface area contributed by atoms with E-state index in [0.29, 0.717) is 24.9 Å². The Hall–Kier alpha value is -0.530. The molecule has 124 valence electrons. The zero-order valence-electron chi connectivity index (χ0n) is 13.8. The zero-order chi connectivity index (χ0) is 15.0. The SMILES string of the molecule is CN=C(NCCC(=O)N1CCCCC1C)NCC(C)C.I. The van der Waals surface area contributed by atoms with Crippen molar-refractivity contribution in [3.05, 3.63) is 0 Å². The number of likely N-dealkylation sites (tertiary alicyclic amines) is 1. The smallest absolute Gasteiger partial charge is 0.224 e. The molecule has 1 fully saturated rings. The molecule has 1 amide bonds. The van der Waals surface area contributed by atoms with Crippen LogP contribution >= 0.6 is 24.0 Å². The Labute approximate surface area is 146 Å². The molecule has 0 aromatic carbocycles. The monoisotopic (exact) mass is 410 g/mol. The van der Waals surface area contributed by atoms with E-state index in [1.54, 1.807) is 7.05 Å². The van der Waals surface area contributed by atoms with Crippen molar-refractivity contribution in [3.63, 3.8) is 0 Å². The van der Waals surface area contributed by atoms with Crippen LogP contribution in [-0.4, -0.2) is 49.5 Å². The Morgan fingerprint density at radius 2 is 2.05 bits per heavy atom. The first kappa shape index (κ1) is 20.5. The number of hydrogen-bond acceptors (Lipinski definition) is 2. The number of rotatable bonds is 5. The quantitative estimate of drug-likeness (QED) is 0.415. The van der Waals surface area contributed by atoms with Gasteiger partial charge in [-0.1, -0.05) is 13.8 Å². The van der Waals surface area contributed by atoms with E-state index in [0.717, 1.165) is 31.9 Å². The molecule has 0 saturated carbocycles. The maximum Gasteiger partial charge on any atom is 0.224 e. The Morgan fingerprint density at radius 1 is 1.33 bits per heavy atom.